The number of fused-ring (bicyclic) bond motifs is 1. The predicted molar refractivity (Wildman–Crippen MR) is 114 cm³/mol. The van der Waals surface area contributed by atoms with Crippen molar-refractivity contribution in [1.29, 1.82) is 0 Å². The van der Waals surface area contributed by atoms with E-state index < -0.39 is 0 Å². The Balaban J connectivity index is 1.17. The molecule has 0 bridgehead atoms. The van der Waals surface area contributed by atoms with Gasteiger partial charge in [-0.3, -0.25) is 4.79 Å². The molecule has 2 aliphatic rings. The minimum atomic E-state index is 0.0178. The summed E-state index contributed by atoms with van der Waals surface area (Å²) in [5, 5.41) is 6.27. The van der Waals surface area contributed by atoms with Gasteiger partial charge in [0, 0.05) is 57.1 Å². The fraction of sp³-hybridized carbons (Fsp3) is 0.409. The van der Waals surface area contributed by atoms with Crippen LogP contribution in [-0.4, -0.2) is 57.4 Å². The van der Waals surface area contributed by atoms with E-state index in [9.17, 15) is 4.79 Å². The van der Waals surface area contributed by atoms with E-state index >= 15 is 0 Å². The molecule has 0 unspecified atom stereocenters. The molecule has 1 amide bonds. The maximum atomic E-state index is 12.1. The highest BCUT2D eigenvalue weighted by molar-refractivity contribution is 5.76. The quantitative estimate of drug-likeness (QED) is 0.749. The standard InChI is InChI=1S/C22H28N4O3/c1-25-10-12-26(13-11-25)19-5-3-18(4-6-19)23-9-8-22(27)24-15-17-2-7-20-21(14-17)29-16-28-20/h2-7,14,23H,8-13,15-16H2,1H3,(H,24,27). The van der Waals surface area contributed by atoms with Crippen LogP contribution in [0.15, 0.2) is 42.5 Å². The Bertz CT molecular complexity index is 832. The molecule has 4 rings (SSSR count). The van der Waals surface area contributed by atoms with E-state index in [2.05, 4.69) is 51.7 Å². The Hall–Kier alpha value is -2.93. The third-order valence-corrected chi connectivity index (χ3v) is 5.34. The van der Waals surface area contributed by atoms with Gasteiger partial charge in [0.25, 0.3) is 0 Å². The highest BCUT2D eigenvalue weighted by Gasteiger charge is 2.14. The minimum Gasteiger partial charge on any atom is -0.454 e. The number of ether oxygens (including phenoxy) is 2. The van der Waals surface area contributed by atoms with Crippen LogP contribution < -0.4 is 25.0 Å². The van der Waals surface area contributed by atoms with Crippen LogP contribution in [0.25, 0.3) is 0 Å². The second-order valence-electron chi connectivity index (χ2n) is 7.48. The smallest absolute Gasteiger partial charge is 0.231 e. The van der Waals surface area contributed by atoms with E-state index in [1.54, 1.807) is 0 Å². The average molecular weight is 396 g/mol. The van der Waals surface area contributed by atoms with Crippen LogP contribution in [0.5, 0.6) is 11.5 Å². The highest BCUT2D eigenvalue weighted by atomic mass is 16.7. The molecule has 1 saturated heterocycles. The van der Waals surface area contributed by atoms with Crippen molar-refractivity contribution in [2.45, 2.75) is 13.0 Å². The number of anilines is 2. The number of hydrogen-bond donors (Lipinski definition) is 2. The first-order valence-corrected chi connectivity index (χ1v) is 10.1. The van der Waals surface area contributed by atoms with Crippen LogP contribution in [0.2, 0.25) is 0 Å². The monoisotopic (exact) mass is 396 g/mol. The van der Waals surface area contributed by atoms with E-state index in [4.69, 9.17) is 9.47 Å². The van der Waals surface area contributed by atoms with Gasteiger partial charge in [-0.2, -0.15) is 0 Å². The van der Waals surface area contributed by atoms with Gasteiger partial charge in [0.2, 0.25) is 12.7 Å². The summed E-state index contributed by atoms with van der Waals surface area (Å²) in [5.41, 5.74) is 3.28. The molecule has 0 atom stereocenters. The zero-order chi connectivity index (χ0) is 20.1. The number of carbonyl (C=O) groups is 1. The Morgan fingerprint density at radius 1 is 1.00 bits per heavy atom. The largest absolute Gasteiger partial charge is 0.454 e. The number of benzene rings is 2. The molecule has 7 heteroatoms. The molecule has 0 radical (unpaired) electrons. The number of nitrogens with zero attached hydrogens (tertiary/aromatic N) is 2. The van der Waals surface area contributed by atoms with E-state index in [0.29, 0.717) is 19.5 Å². The van der Waals surface area contributed by atoms with Crippen LogP contribution in [0.3, 0.4) is 0 Å². The van der Waals surface area contributed by atoms with Crippen LogP contribution in [0.4, 0.5) is 11.4 Å². The number of likely N-dealkylation sites (N-methyl/N-ethyl adjacent to an activating group) is 1. The fourth-order valence-electron chi connectivity index (χ4n) is 3.52. The van der Waals surface area contributed by atoms with Crippen LogP contribution in [-0.2, 0) is 11.3 Å². The van der Waals surface area contributed by atoms with Crippen molar-refractivity contribution in [2.24, 2.45) is 0 Å². The molecule has 7 nitrogen and oxygen atoms in total. The highest BCUT2D eigenvalue weighted by Crippen LogP contribution is 2.32. The molecule has 1 fully saturated rings. The molecule has 0 aliphatic carbocycles. The topological polar surface area (TPSA) is 66.1 Å². The third-order valence-electron chi connectivity index (χ3n) is 5.34. The van der Waals surface area contributed by atoms with Crippen molar-refractivity contribution < 1.29 is 14.3 Å². The second-order valence-corrected chi connectivity index (χ2v) is 7.48. The van der Waals surface area contributed by atoms with E-state index in [1.807, 2.05) is 18.2 Å². The number of hydrogen-bond acceptors (Lipinski definition) is 6. The number of rotatable bonds is 7. The third kappa shape index (κ3) is 5.12. The molecule has 2 aliphatic heterocycles. The summed E-state index contributed by atoms with van der Waals surface area (Å²) >= 11 is 0. The fourth-order valence-corrected chi connectivity index (χ4v) is 3.52. The summed E-state index contributed by atoms with van der Waals surface area (Å²) in [4.78, 5) is 16.9. The van der Waals surface area contributed by atoms with Crippen molar-refractivity contribution in [3.63, 3.8) is 0 Å². The van der Waals surface area contributed by atoms with Crippen LogP contribution in [0.1, 0.15) is 12.0 Å². The molecule has 0 aromatic heterocycles. The van der Waals surface area contributed by atoms with Gasteiger partial charge in [-0.15, -0.1) is 0 Å². The first-order valence-electron chi connectivity index (χ1n) is 10.1. The van der Waals surface area contributed by atoms with Crippen molar-refractivity contribution in [3.05, 3.63) is 48.0 Å². The molecule has 2 aromatic carbocycles. The average Bonchev–Trinajstić information content (AvgIpc) is 3.21. The summed E-state index contributed by atoms with van der Waals surface area (Å²) in [5.74, 6) is 1.51. The Labute approximate surface area is 171 Å². The van der Waals surface area contributed by atoms with Gasteiger partial charge in [0.15, 0.2) is 11.5 Å². The van der Waals surface area contributed by atoms with Gasteiger partial charge in [0.1, 0.15) is 0 Å². The zero-order valence-electron chi connectivity index (χ0n) is 16.8. The van der Waals surface area contributed by atoms with Crippen molar-refractivity contribution >= 4 is 17.3 Å². The Morgan fingerprint density at radius 3 is 2.55 bits per heavy atom. The lowest BCUT2D eigenvalue weighted by molar-refractivity contribution is -0.121. The molecule has 29 heavy (non-hydrogen) atoms. The molecule has 0 spiro atoms. The van der Waals surface area contributed by atoms with Crippen molar-refractivity contribution in [3.8, 4) is 11.5 Å². The van der Waals surface area contributed by atoms with E-state index in [1.165, 1.54) is 5.69 Å². The van der Waals surface area contributed by atoms with Gasteiger partial charge < -0.3 is 29.9 Å². The molecule has 2 N–H and O–H groups in total. The van der Waals surface area contributed by atoms with Crippen LogP contribution >= 0.6 is 0 Å². The summed E-state index contributed by atoms with van der Waals surface area (Å²) in [6, 6.07) is 14.2. The summed E-state index contributed by atoms with van der Waals surface area (Å²) in [6.07, 6.45) is 0.421. The maximum Gasteiger partial charge on any atom is 0.231 e. The van der Waals surface area contributed by atoms with Crippen LogP contribution in [0, 0.1) is 0 Å². The Morgan fingerprint density at radius 2 is 1.76 bits per heavy atom. The first-order chi connectivity index (χ1) is 14.2. The lowest BCUT2D eigenvalue weighted by Crippen LogP contribution is -2.44. The first kappa shape index (κ1) is 19.4. The Kier molecular flexibility index (Phi) is 6.05. The lowest BCUT2D eigenvalue weighted by Gasteiger charge is -2.34. The molecular formula is C22H28N4O3. The van der Waals surface area contributed by atoms with Gasteiger partial charge in [-0.25, -0.2) is 0 Å². The summed E-state index contributed by atoms with van der Waals surface area (Å²) in [7, 11) is 2.16. The van der Waals surface area contributed by atoms with Gasteiger partial charge in [-0.1, -0.05) is 6.07 Å². The van der Waals surface area contributed by atoms with Crippen molar-refractivity contribution in [1.82, 2.24) is 10.2 Å². The molecular weight excluding hydrogens is 368 g/mol. The molecule has 0 saturated carbocycles. The van der Waals surface area contributed by atoms with Gasteiger partial charge in [0.05, 0.1) is 0 Å². The minimum absolute atomic E-state index is 0.0178. The normalized spacial score (nSPS) is 16.0. The SMILES string of the molecule is CN1CCN(c2ccc(NCCC(=O)NCc3ccc4c(c3)OCO4)cc2)CC1. The van der Waals surface area contributed by atoms with Gasteiger partial charge in [-0.05, 0) is 49.0 Å². The molecule has 154 valence electrons. The number of amides is 1. The number of carbonyl (C=O) groups excluding carboxylic acids is 1. The zero-order valence-corrected chi connectivity index (χ0v) is 16.8. The van der Waals surface area contributed by atoms with E-state index in [-0.39, 0.29) is 12.7 Å². The predicted octanol–water partition coefficient (Wildman–Crippen LogP) is 2.29. The van der Waals surface area contributed by atoms with E-state index in [0.717, 1.165) is 48.9 Å². The lowest BCUT2D eigenvalue weighted by atomic mass is 10.2. The maximum absolute atomic E-state index is 12.1. The number of nitrogens with one attached hydrogen (secondary N) is 2. The summed E-state index contributed by atoms with van der Waals surface area (Å²) in [6.45, 7) is 5.66. The summed E-state index contributed by atoms with van der Waals surface area (Å²) < 4.78 is 10.7. The number of piperazine rings is 1. The second kappa shape index (κ2) is 9.05. The molecule has 2 heterocycles. The van der Waals surface area contributed by atoms with Crippen molar-refractivity contribution in [2.75, 3.05) is 56.8 Å². The van der Waals surface area contributed by atoms with Gasteiger partial charge >= 0.3 is 0 Å². The molecule has 2 aromatic rings.